The average molecular weight is 275 g/mol. The second-order valence-electron chi connectivity index (χ2n) is 4.05. The molecule has 0 aliphatic rings. The van der Waals surface area contributed by atoms with E-state index < -0.39 is 5.97 Å². The second-order valence-corrected chi connectivity index (χ2v) is 4.05. The fourth-order valence-electron chi connectivity index (χ4n) is 1.89. The van der Waals surface area contributed by atoms with E-state index in [4.69, 9.17) is 9.47 Å². The summed E-state index contributed by atoms with van der Waals surface area (Å²) in [6.07, 6.45) is 0. The third-order valence-corrected chi connectivity index (χ3v) is 2.75. The zero-order valence-corrected chi connectivity index (χ0v) is 11.8. The van der Waals surface area contributed by atoms with E-state index >= 15 is 0 Å². The van der Waals surface area contributed by atoms with Crippen LogP contribution in [0.2, 0.25) is 0 Å². The van der Waals surface area contributed by atoms with Crippen molar-refractivity contribution >= 4 is 16.9 Å². The first-order valence-corrected chi connectivity index (χ1v) is 6.48. The van der Waals surface area contributed by atoms with E-state index in [2.05, 4.69) is 9.72 Å². The summed E-state index contributed by atoms with van der Waals surface area (Å²) in [6.45, 7) is 4.90. The minimum absolute atomic E-state index is 0.270. The highest BCUT2D eigenvalue weighted by Crippen LogP contribution is 2.32. The van der Waals surface area contributed by atoms with Crippen molar-refractivity contribution in [3.8, 4) is 11.5 Å². The van der Waals surface area contributed by atoms with Crippen LogP contribution in [0, 0.1) is 0 Å². The van der Waals surface area contributed by atoms with E-state index in [0.717, 1.165) is 5.39 Å². The number of carbonyl (C=O) groups excluding carboxylic acids is 1. The first kappa shape index (κ1) is 14.1. The Labute approximate surface area is 117 Å². The minimum atomic E-state index is -0.459. The molecule has 1 aromatic carbocycles. The Bertz CT molecular complexity index is 625. The number of rotatable bonds is 5. The Morgan fingerprint density at radius 3 is 2.35 bits per heavy atom. The zero-order chi connectivity index (χ0) is 14.5. The van der Waals surface area contributed by atoms with Crippen LogP contribution in [0.15, 0.2) is 24.3 Å². The molecule has 0 saturated heterocycles. The Hall–Kier alpha value is -2.30. The molecule has 0 spiro atoms. The average Bonchev–Trinajstić information content (AvgIpc) is 2.47. The summed E-state index contributed by atoms with van der Waals surface area (Å²) in [7, 11) is 1.33. The molecule has 0 N–H and O–H groups in total. The van der Waals surface area contributed by atoms with E-state index in [1.165, 1.54) is 7.11 Å². The quantitative estimate of drug-likeness (QED) is 0.785. The highest BCUT2D eigenvalue weighted by molar-refractivity contribution is 5.91. The molecule has 0 bridgehead atoms. The molecule has 0 radical (unpaired) electrons. The monoisotopic (exact) mass is 275 g/mol. The fraction of sp³-hybridized carbons (Fsp3) is 0.333. The van der Waals surface area contributed by atoms with Crippen LogP contribution < -0.4 is 9.47 Å². The molecule has 0 amide bonds. The number of nitrogens with zero attached hydrogens (tertiary/aromatic N) is 1. The maximum Gasteiger partial charge on any atom is 0.356 e. The van der Waals surface area contributed by atoms with Crippen molar-refractivity contribution in [3.63, 3.8) is 0 Å². The summed E-state index contributed by atoms with van der Waals surface area (Å²) in [6, 6.07) is 7.07. The Morgan fingerprint density at radius 1 is 1.10 bits per heavy atom. The lowest BCUT2D eigenvalue weighted by molar-refractivity contribution is 0.0594. The number of carbonyl (C=O) groups is 1. The van der Waals surface area contributed by atoms with Crippen molar-refractivity contribution in [2.75, 3.05) is 20.3 Å². The number of ether oxygens (including phenoxy) is 3. The van der Waals surface area contributed by atoms with E-state index in [0.29, 0.717) is 30.2 Å². The van der Waals surface area contributed by atoms with Gasteiger partial charge in [-0.25, -0.2) is 9.78 Å². The van der Waals surface area contributed by atoms with Crippen LogP contribution >= 0.6 is 0 Å². The molecule has 5 heteroatoms. The Kier molecular flexibility index (Phi) is 4.40. The predicted molar refractivity (Wildman–Crippen MR) is 75.4 cm³/mol. The molecule has 1 heterocycles. The number of benzene rings is 1. The summed E-state index contributed by atoms with van der Waals surface area (Å²) in [5.74, 6) is 0.838. The van der Waals surface area contributed by atoms with Crippen molar-refractivity contribution in [1.82, 2.24) is 4.98 Å². The Balaban J connectivity index is 2.52. The third-order valence-electron chi connectivity index (χ3n) is 2.75. The van der Waals surface area contributed by atoms with Gasteiger partial charge in [-0.3, -0.25) is 0 Å². The smallest absolute Gasteiger partial charge is 0.356 e. The lowest BCUT2D eigenvalue weighted by Gasteiger charge is -2.12. The lowest BCUT2D eigenvalue weighted by Crippen LogP contribution is -2.04. The summed E-state index contributed by atoms with van der Waals surface area (Å²) < 4.78 is 15.8. The standard InChI is InChI=1S/C15H17NO4/c1-4-19-13-8-10-6-7-11(15(17)18-3)16-12(10)9-14(13)20-5-2/h6-9H,4-5H2,1-3H3. The van der Waals surface area contributed by atoms with Crippen LogP contribution in [0.1, 0.15) is 24.3 Å². The van der Waals surface area contributed by atoms with Gasteiger partial charge in [-0.05, 0) is 26.0 Å². The molecule has 0 saturated carbocycles. The predicted octanol–water partition coefficient (Wildman–Crippen LogP) is 2.82. The molecule has 0 atom stereocenters. The lowest BCUT2D eigenvalue weighted by atomic mass is 10.1. The van der Waals surface area contributed by atoms with Crippen LogP contribution in [0.5, 0.6) is 11.5 Å². The summed E-state index contributed by atoms with van der Waals surface area (Å²) in [4.78, 5) is 15.8. The van der Waals surface area contributed by atoms with Crippen LogP contribution in [0.4, 0.5) is 0 Å². The maximum absolute atomic E-state index is 11.5. The molecule has 0 aliphatic heterocycles. The molecule has 2 rings (SSSR count). The summed E-state index contributed by atoms with van der Waals surface area (Å²) >= 11 is 0. The first-order valence-electron chi connectivity index (χ1n) is 6.48. The first-order chi connectivity index (χ1) is 9.69. The number of aromatic nitrogens is 1. The van der Waals surface area contributed by atoms with Gasteiger partial charge in [0.25, 0.3) is 0 Å². The topological polar surface area (TPSA) is 57.7 Å². The third kappa shape index (κ3) is 2.82. The molecule has 0 fully saturated rings. The van der Waals surface area contributed by atoms with E-state index in [1.54, 1.807) is 12.1 Å². The van der Waals surface area contributed by atoms with Crippen molar-refractivity contribution in [1.29, 1.82) is 0 Å². The van der Waals surface area contributed by atoms with Crippen LogP contribution in [0.25, 0.3) is 10.9 Å². The van der Waals surface area contributed by atoms with Gasteiger partial charge >= 0.3 is 5.97 Å². The number of hydrogen-bond donors (Lipinski definition) is 0. The molecule has 1 aromatic heterocycles. The zero-order valence-electron chi connectivity index (χ0n) is 11.8. The van der Waals surface area contributed by atoms with Gasteiger partial charge in [0.2, 0.25) is 0 Å². The molecule has 0 unspecified atom stereocenters. The van der Waals surface area contributed by atoms with Crippen molar-refractivity contribution in [2.45, 2.75) is 13.8 Å². The number of esters is 1. The molecule has 20 heavy (non-hydrogen) atoms. The van der Waals surface area contributed by atoms with Crippen LogP contribution in [0.3, 0.4) is 0 Å². The fourth-order valence-corrected chi connectivity index (χ4v) is 1.89. The summed E-state index contributed by atoms with van der Waals surface area (Å²) in [5, 5.41) is 0.879. The van der Waals surface area contributed by atoms with Crippen molar-refractivity contribution in [2.24, 2.45) is 0 Å². The molecular formula is C15H17NO4. The van der Waals surface area contributed by atoms with E-state index in [9.17, 15) is 4.79 Å². The second kappa shape index (κ2) is 6.23. The van der Waals surface area contributed by atoms with Gasteiger partial charge < -0.3 is 14.2 Å². The highest BCUT2D eigenvalue weighted by atomic mass is 16.5. The van der Waals surface area contributed by atoms with Gasteiger partial charge in [-0.15, -0.1) is 0 Å². The van der Waals surface area contributed by atoms with Crippen LogP contribution in [-0.2, 0) is 4.74 Å². The van der Waals surface area contributed by atoms with E-state index in [1.807, 2.05) is 26.0 Å². The normalized spacial score (nSPS) is 10.3. The maximum atomic E-state index is 11.5. The SMILES string of the molecule is CCOc1cc2ccc(C(=O)OC)nc2cc1OCC. The molecular weight excluding hydrogens is 258 g/mol. The highest BCUT2D eigenvalue weighted by Gasteiger charge is 2.11. The van der Waals surface area contributed by atoms with Gasteiger partial charge in [0, 0.05) is 11.5 Å². The van der Waals surface area contributed by atoms with Gasteiger partial charge in [0.1, 0.15) is 5.69 Å². The van der Waals surface area contributed by atoms with Gasteiger partial charge in [0.15, 0.2) is 11.5 Å². The van der Waals surface area contributed by atoms with Gasteiger partial charge in [-0.2, -0.15) is 0 Å². The molecule has 0 aliphatic carbocycles. The van der Waals surface area contributed by atoms with Crippen molar-refractivity contribution < 1.29 is 19.0 Å². The van der Waals surface area contributed by atoms with Crippen molar-refractivity contribution in [3.05, 3.63) is 30.0 Å². The van der Waals surface area contributed by atoms with Crippen LogP contribution in [-0.4, -0.2) is 31.3 Å². The minimum Gasteiger partial charge on any atom is -0.490 e. The largest absolute Gasteiger partial charge is 0.490 e. The van der Waals surface area contributed by atoms with Gasteiger partial charge in [0.05, 0.1) is 25.8 Å². The summed E-state index contributed by atoms with van der Waals surface area (Å²) in [5.41, 5.74) is 0.936. The number of fused-ring (bicyclic) bond motifs is 1. The molecule has 5 nitrogen and oxygen atoms in total. The number of pyridine rings is 1. The molecule has 2 aromatic rings. The number of methoxy groups -OCH3 is 1. The van der Waals surface area contributed by atoms with E-state index in [-0.39, 0.29) is 5.69 Å². The number of hydrogen-bond acceptors (Lipinski definition) is 5. The molecule has 106 valence electrons. The Morgan fingerprint density at radius 2 is 1.75 bits per heavy atom. The van der Waals surface area contributed by atoms with Gasteiger partial charge in [-0.1, -0.05) is 6.07 Å².